The lowest BCUT2D eigenvalue weighted by atomic mass is 10.2. The number of amides is 1. The van der Waals surface area contributed by atoms with Gasteiger partial charge in [-0.3, -0.25) is 33.5 Å². The maximum Gasteiger partial charge on any atom is 0.318 e. The Hall–Kier alpha value is -4.14. The van der Waals surface area contributed by atoms with Gasteiger partial charge in [0.1, 0.15) is 6.54 Å². The third kappa shape index (κ3) is 4.00. The summed E-state index contributed by atoms with van der Waals surface area (Å²) in [5.74, 6) is -0.404. The molecule has 1 amide bonds. The molecule has 4 aromatic rings. The predicted molar refractivity (Wildman–Crippen MR) is 110 cm³/mol. The lowest BCUT2D eigenvalue weighted by Gasteiger charge is -2.14. The van der Waals surface area contributed by atoms with E-state index in [0.29, 0.717) is 16.9 Å². The molecule has 0 fully saturated rings. The Kier molecular flexibility index (Phi) is 5.42. The molecular weight excluding hydrogens is 384 g/mol. The van der Waals surface area contributed by atoms with Crippen LogP contribution < -0.4 is 16.4 Å². The quantitative estimate of drug-likeness (QED) is 0.476. The van der Waals surface area contributed by atoms with Crippen molar-refractivity contribution < 1.29 is 4.79 Å². The summed E-state index contributed by atoms with van der Waals surface area (Å²) in [6.07, 6.45) is 6.40. The van der Waals surface area contributed by atoms with Crippen LogP contribution >= 0.6 is 0 Å². The summed E-state index contributed by atoms with van der Waals surface area (Å²) in [6.45, 7) is 0.111. The minimum absolute atomic E-state index is 0.177. The van der Waals surface area contributed by atoms with E-state index in [0.717, 1.165) is 10.1 Å². The third-order valence-electron chi connectivity index (χ3n) is 4.57. The smallest absolute Gasteiger partial charge is 0.318 e. The van der Waals surface area contributed by atoms with Gasteiger partial charge in [-0.15, -0.1) is 0 Å². The number of nitrogens with zero attached hydrogens (tertiary/aromatic N) is 5. The summed E-state index contributed by atoms with van der Waals surface area (Å²) in [6, 6.07) is 12.2. The fourth-order valence-corrected chi connectivity index (χ4v) is 3.11. The molecule has 4 aromatic heterocycles. The molecule has 4 rings (SSSR count). The van der Waals surface area contributed by atoms with Gasteiger partial charge in [0, 0.05) is 24.8 Å². The van der Waals surface area contributed by atoms with Gasteiger partial charge in [-0.1, -0.05) is 6.07 Å². The van der Waals surface area contributed by atoms with Crippen LogP contribution in [0.15, 0.2) is 76.8 Å². The average Bonchev–Trinajstić information content (AvgIpc) is 2.79. The summed E-state index contributed by atoms with van der Waals surface area (Å²) in [5, 5.41) is 2.72. The van der Waals surface area contributed by atoms with Gasteiger partial charge < -0.3 is 5.32 Å². The Morgan fingerprint density at radius 2 is 1.63 bits per heavy atom. The van der Waals surface area contributed by atoms with Crippen molar-refractivity contribution in [2.24, 2.45) is 0 Å². The highest BCUT2D eigenvalue weighted by molar-refractivity contribution is 5.78. The molecule has 150 valence electrons. The molecule has 0 aliphatic heterocycles. The second kappa shape index (κ2) is 8.48. The van der Waals surface area contributed by atoms with Crippen LogP contribution in [-0.2, 0) is 24.4 Å². The normalized spacial score (nSPS) is 10.8. The first-order chi connectivity index (χ1) is 14.6. The van der Waals surface area contributed by atoms with Gasteiger partial charge in [0.15, 0.2) is 5.65 Å². The highest BCUT2D eigenvalue weighted by Crippen LogP contribution is 2.09. The number of pyridine rings is 3. The van der Waals surface area contributed by atoms with Gasteiger partial charge >= 0.3 is 11.1 Å². The third-order valence-corrected chi connectivity index (χ3v) is 4.57. The van der Waals surface area contributed by atoms with Gasteiger partial charge in [-0.2, -0.15) is 0 Å². The molecule has 0 aromatic carbocycles. The Balaban J connectivity index is 1.67. The zero-order valence-corrected chi connectivity index (χ0v) is 15.9. The average molecular weight is 402 g/mol. The molecule has 9 heteroatoms. The van der Waals surface area contributed by atoms with Gasteiger partial charge in [-0.25, -0.2) is 4.98 Å². The van der Waals surface area contributed by atoms with Crippen molar-refractivity contribution in [1.82, 2.24) is 29.4 Å². The topological polar surface area (TPSA) is 112 Å². The summed E-state index contributed by atoms with van der Waals surface area (Å²) < 4.78 is 2.47. The van der Waals surface area contributed by atoms with Crippen LogP contribution in [0, 0.1) is 0 Å². The molecule has 0 bridgehead atoms. The number of aromatic nitrogens is 5. The Morgan fingerprint density at radius 1 is 0.867 bits per heavy atom. The van der Waals surface area contributed by atoms with E-state index >= 15 is 0 Å². The van der Waals surface area contributed by atoms with Crippen molar-refractivity contribution in [1.29, 1.82) is 0 Å². The van der Waals surface area contributed by atoms with E-state index < -0.39 is 17.0 Å². The van der Waals surface area contributed by atoms with E-state index in [1.807, 2.05) is 6.07 Å². The number of nitrogens with one attached hydrogen (secondary N) is 1. The largest absolute Gasteiger partial charge is 0.349 e. The molecule has 0 saturated carbocycles. The SMILES string of the molecule is O=C(Cn1c(=O)c(=O)n(Cc2ccncc2)c2ncccc21)NCc1ccccn1. The maximum absolute atomic E-state index is 12.8. The molecule has 1 N–H and O–H groups in total. The minimum atomic E-state index is -0.780. The molecule has 0 saturated heterocycles. The number of hydrogen-bond acceptors (Lipinski definition) is 6. The molecule has 0 aliphatic carbocycles. The van der Waals surface area contributed by atoms with E-state index in [1.165, 1.54) is 4.57 Å². The van der Waals surface area contributed by atoms with E-state index in [1.54, 1.807) is 61.2 Å². The van der Waals surface area contributed by atoms with E-state index in [9.17, 15) is 14.4 Å². The van der Waals surface area contributed by atoms with Gasteiger partial charge in [-0.05, 0) is 42.0 Å². The number of hydrogen-bond donors (Lipinski definition) is 1. The Morgan fingerprint density at radius 3 is 2.40 bits per heavy atom. The molecule has 0 unspecified atom stereocenters. The first kappa shape index (κ1) is 19.2. The first-order valence-corrected chi connectivity index (χ1v) is 9.27. The molecule has 0 radical (unpaired) electrons. The number of carbonyl (C=O) groups is 1. The van der Waals surface area contributed by atoms with E-state index in [4.69, 9.17) is 0 Å². The fourth-order valence-electron chi connectivity index (χ4n) is 3.11. The molecule has 0 atom stereocenters. The lowest BCUT2D eigenvalue weighted by Crippen LogP contribution is -2.44. The van der Waals surface area contributed by atoms with Crippen LogP contribution in [0.2, 0.25) is 0 Å². The second-order valence-electron chi connectivity index (χ2n) is 6.58. The number of fused-ring (bicyclic) bond motifs is 1. The van der Waals surface area contributed by atoms with Crippen molar-refractivity contribution in [2.75, 3.05) is 0 Å². The monoisotopic (exact) mass is 402 g/mol. The fraction of sp³-hybridized carbons (Fsp3) is 0.143. The number of rotatable bonds is 6. The van der Waals surface area contributed by atoms with Crippen molar-refractivity contribution in [3.05, 3.63) is 99.2 Å². The van der Waals surface area contributed by atoms with E-state index in [2.05, 4.69) is 20.3 Å². The Labute approximate surface area is 170 Å². The summed E-state index contributed by atoms with van der Waals surface area (Å²) in [5.41, 5.74) is 0.718. The standard InChI is InChI=1S/C21H18N6O3/c28-18(25-12-16-4-1-2-8-23-16)14-26-17-5-3-9-24-19(17)27(21(30)20(26)29)13-15-6-10-22-11-7-15/h1-11H,12-14H2,(H,25,28). The van der Waals surface area contributed by atoms with Crippen LogP contribution in [0.25, 0.3) is 11.2 Å². The predicted octanol–water partition coefficient (Wildman–Crippen LogP) is 0.713. The highest BCUT2D eigenvalue weighted by atomic mass is 16.2. The van der Waals surface area contributed by atoms with Crippen molar-refractivity contribution in [2.45, 2.75) is 19.6 Å². The highest BCUT2D eigenvalue weighted by Gasteiger charge is 2.16. The van der Waals surface area contributed by atoms with Gasteiger partial charge in [0.25, 0.3) is 0 Å². The zero-order chi connectivity index (χ0) is 20.9. The summed E-state index contributed by atoms with van der Waals surface area (Å²) >= 11 is 0. The zero-order valence-electron chi connectivity index (χ0n) is 15.9. The lowest BCUT2D eigenvalue weighted by molar-refractivity contribution is -0.121. The van der Waals surface area contributed by atoms with Crippen LogP contribution in [0.5, 0.6) is 0 Å². The maximum atomic E-state index is 12.8. The van der Waals surface area contributed by atoms with Crippen molar-refractivity contribution in [3.8, 4) is 0 Å². The first-order valence-electron chi connectivity index (χ1n) is 9.27. The van der Waals surface area contributed by atoms with Crippen LogP contribution in [-0.4, -0.2) is 30.0 Å². The molecule has 0 spiro atoms. The minimum Gasteiger partial charge on any atom is -0.349 e. The van der Waals surface area contributed by atoms with Crippen molar-refractivity contribution in [3.63, 3.8) is 0 Å². The van der Waals surface area contributed by atoms with Gasteiger partial charge in [0.05, 0.1) is 24.3 Å². The molecule has 0 aliphatic rings. The van der Waals surface area contributed by atoms with Crippen molar-refractivity contribution >= 4 is 17.1 Å². The Bertz CT molecular complexity index is 1300. The van der Waals surface area contributed by atoms with Crippen LogP contribution in [0.1, 0.15) is 11.3 Å². The molecule has 9 nitrogen and oxygen atoms in total. The van der Waals surface area contributed by atoms with E-state index in [-0.39, 0.29) is 19.6 Å². The van der Waals surface area contributed by atoms with Gasteiger partial charge in [0.2, 0.25) is 5.91 Å². The second-order valence-corrected chi connectivity index (χ2v) is 6.58. The van der Waals surface area contributed by atoms with Crippen LogP contribution in [0.4, 0.5) is 0 Å². The molecule has 4 heterocycles. The van der Waals surface area contributed by atoms with Crippen LogP contribution in [0.3, 0.4) is 0 Å². The summed E-state index contributed by atoms with van der Waals surface area (Å²) in [7, 11) is 0. The molecule has 30 heavy (non-hydrogen) atoms. The number of carbonyl (C=O) groups excluding carboxylic acids is 1. The summed E-state index contributed by atoms with van der Waals surface area (Å²) in [4.78, 5) is 50.4. The molecular formula is C21H18N6O3.